The Morgan fingerprint density at radius 3 is 2.39 bits per heavy atom. The van der Waals surface area contributed by atoms with Gasteiger partial charge in [-0.1, -0.05) is 36.4 Å². The third-order valence-electron chi connectivity index (χ3n) is 4.72. The van der Waals surface area contributed by atoms with Gasteiger partial charge in [0.05, 0.1) is 10.3 Å². The molecule has 0 bridgehead atoms. The maximum atomic E-state index is 12.5. The van der Waals surface area contributed by atoms with E-state index in [9.17, 15) is 23.1 Å². The first-order valence-corrected chi connectivity index (χ1v) is 10.4. The van der Waals surface area contributed by atoms with Crippen molar-refractivity contribution in [3.8, 4) is 0 Å². The standard InChI is InChI=1S/C20H22N2O5S/c1-20(19(24)25,14-6-3-2-4-7-14)13-18(23)21-16-8-5-9-17(12-16)28(26,27)22-15-10-11-15/h2-9,12,15,22H,10-11,13H2,1H3,(H,21,23)(H,24,25). The summed E-state index contributed by atoms with van der Waals surface area (Å²) in [6.45, 7) is 1.49. The minimum atomic E-state index is -3.64. The van der Waals surface area contributed by atoms with Crippen LogP contribution in [0.15, 0.2) is 59.5 Å². The van der Waals surface area contributed by atoms with Gasteiger partial charge in [0.1, 0.15) is 0 Å². The average molecular weight is 402 g/mol. The molecule has 0 heterocycles. The SMILES string of the molecule is CC(CC(=O)Nc1cccc(S(=O)(=O)NC2CC2)c1)(C(=O)O)c1ccccc1. The van der Waals surface area contributed by atoms with Gasteiger partial charge in [0.2, 0.25) is 15.9 Å². The predicted molar refractivity (Wildman–Crippen MR) is 104 cm³/mol. The van der Waals surface area contributed by atoms with E-state index in [0.29, 0.717) is 11.3 Å². The number of carboxylic acids is 1. The normalized spacial score (nSPS) is 16.2. The molecular weight excluding hydrogens is 380 g/mol. The van der Waals surface area contributed by atoms with Crippen LogP contribution in [0.2, 0.25) is 0 Å². The van der Waals surface area contributed by atoms with E-state index in [0.717, 1.165) is 12.8 Å². The highest BCUT2D eigenvalue weighted by atomic mass is 32.2. The van der Waals surface area contributed by atoms with E-state index < -0.39 is 27.3 Å². The molecule has 2 aromatic rings. The van der Waals surface area contributed by atoms with Crippen LogP contribution in [0.4, 0.5) is 5.69 Å². The first-order chi connectivity index (χ1) is 13.2. The van der Waals surface area contributed by atoms with Crippen LogP contribution >= 0.6 is 0 Å². The monoisotopic (exact) mass is 402 g/mol. The predicted octanol–water partition coefficient (Wildman–Crippen LogP) is 2.50. The van der Waals surface area contributed by atoms with E-state index >= 15 is 0 Å². The van der Waals surface area contributed by atoms with E-state index in [1.807, 2.05) is 0 Å². The summed E-state index contributed by atoms with van der Waals surface area (Å²) < 4.78 is 27.2. The third kappa shape index (κ3) is 4.58. The highest BCUT2D eigenvalue weighted by molar-refractivity contribution is 7.89. The quantitative estimate of drug-likeness (QED) is 0.628. The number of amides is 1. The fourth-order valence-electron chi connectivity index (χ4n) is 2.86. The molecule has 7 nitrogen and oxygen atoms in total. The fourth-order valence-corrected chi connectivity index (χ4v) is 4.21. The summed E-state index contributed by atoms with van der Waals surface area (Å²) in [7, 11) is -3.64. The maximum absolute atomic E-state index is 12.5. The average Bonchev–Trinajstić information content (AvgIpc) is 3.45. The first kappa shape index (κ1) is 20.0. The van der Waals surface area contributed by atoms with Crippen molar-refractivity contribution in [2.75, 3.05) is 5.32 Å². The lowest BCUT2D eigenvalue weighted by molar-refractivity contribution is -0.145. The molecule has 1 amide bonds. The second kappa shape index (κ2) is 7.73. The van der Waals surface area contributed by atoms with E-state index in [4.69, 9.17) is 0 Å². The van der Waals surface area contributed by atoms with Crippen LogP contribution in [0.5, 0.6) is 0 Å². The number of carboxylic acid groups (broad SMARTS) is 1. The number of sulfonamides is 1. The van der Waals surface area contributed by atoms with Crippen molar-refractivity contribution in [3.63, 3.8) is 0 Å². The summed E-state index contributed by atoms with van der Waals surface area (Å²) in [5.74, 6) is -1.63. The maximum Gasteiger partial charge on any atom is 0.314 e. The van der Waals surface area contributed by atoms with Crippen LogP contribution in [0.25, 0.3) is 0 Å². The van der Waals surface area contributed by atoms with Gasteiger partial charge in [0.15, 0.2) is 0 Å². The van der Waals surface area contributed by atoms with Crippen LogP contribution < -0.4 is 10.0 Å². The zero-order valence-electron chi connectivity index (χ0n) is 15.4. The summed E-state index contributed by atoms with van der Waals surface area (Å²) in [5, 5.41) is 12.3. The molecule has 0 radical (unpaired) electrons. The minimum absolute atomic E-state index is 0.0228. The third-order valence-corrected chi connectivity index (χ3v) is 6.24. The summed E-state index contributed by atoms with van der Waals surface area (Å²) in [4.78, 5) is 24.4. The fraction of sp³-hybridized carbons (Fsp3) is 0.300. The number of aliphatic carboxylic acids is 1. The molecule has 28 heavy (non-hydrogen) atoms. The van der Waals surface area contributed by atoms with Crippen molar-refractivity contribution in [1.29, 1.82) is 0 Å². The van der Waals surface area contributed by atoms with Gasteiger partial charge in [0, 0.05) is 18.2 Å². The van der Waals surface area contributed by atoms with Gasteiger partial charge in [-0.2, -0.15) is 0 Å². The molecule has 1 saturated carbocycles. The van der Waals surface area contributed by atoms with Crippen molar-refractivity contribution in [2.24, 2.45) is 0 Å². The number of carbonyl (C=O) groups is 2. The number of carbonyl (C=O) groups excluding carboxylic acids is 1. The lowest BCUT2D eigenvalue weighted by Gasteiger charge is -2.24. The number of hydrogen-bond acceptors (Lipinski definition) is 4. The molecule has 0 spiro atoms. The van der Waals surface area contributed by atoms with E-state index in [-0.39, 0.29) is 17.4 Å². The van der Waals surface area contributed by atoms with Gasteiger partial charge in [-0.25, -0.2) is 13.1 Å². The second-order valence-electron chi connectivity index (χ2n) is 7.15. The van der Waals surface area contributed by atoms with Gasteiger partial charge < -0.3 is 10.4 Å². The number of nitrogens with one attached hydrogen (secondary N) is 2. The van der Waals surface area contributed by atoms with Gasteiger partial charge in [0.25, 0.3) is 0 Å². The first-order valence-electron chi connectivity index (χ1n) is 8.92. The lowest BCUT2D eigenvalue weighted by Crippen LogP contribution is -2.36. The summed E-state index contributed by atoms with van der Waals surface area (Å²) in [6.07, 6.45) is 1.36. The highest BCUT2D eigenvalue weighted by Gasteiger charge is 2.37. The Kier molecular flexibility index (Phi) is 5.53. The molecule has 0 saturated heterocycles. The lowest BCUT2D eigenvalue weighted by atomic mass is 9.79. The second-order valence-corrected chi connectivity index (χ2v) is 8.87. The molecule has 1 fully saturated rings. The van der Waals surface area contributed by atoms with E-state index in [1.54, 1.807) is 36.4 Å². The minimum Gasteiger partial charge on any atom is -0.481 e. The smallest absolute Gasteiger partial charge is 0.314 e. The number of benzene rings is 2. The topological polar surface area (TPSA) is 113 Å². The largest absolute Gasteiger partial charge is 0.481 e. The molecule has 2 aromatic carbocycles. The molecule has 1 atom stereocenters. The van der Waals surface area contributed by atoms with Crippen LogP contribution in [-0.2, 0) is 25.0 Å². The van der Waals surface area contributed by atoms with Gasteiger partial charge in [-0.3, -0.25) is 9.59 Å². The zero-order valence-corrected chi connectivity index (χ0v) is 16.2. The van der Waals surface area contributed by atoms with Crippen molar-refractivity contribution < 1.29 is 23.1 Å². The molecule has 1 aliphatic rings. The van der Waals surface area contributed by atoms with Crippen LogP contribution in [0.1, 0.15) is 31.7 Å². The number of rotatable bonds is 8. The van der Waals surface area contributed by atoms with Crippen molar-refractivity contribution in [2.45, 2.75) is 42.5 Å². The molecular formula is C20H22N2O5S. The Balaban J connectivity index is 1.75. The van der Waals surface area contributed by atoms with Gasteiger partial charge >= 0.3 is 5.97 Å². The summed E-state index contributed by atoms with van der Waals surface area (Å²) in [6, 6.07) is 14.4. The van der Waals surface area contributed by atoms with Crippen LogP contribution in [0, 0.1) is 0 Å². The Labute approximate surface area is 163 Å². The van der Waals surface area contributed by atoms with Crippen LogP contribution in [-0.4, -0.2) is 31.4 Å². The molecule has 0 aromatic heterocycles. The number of anilines is 1. The molecule has 1 unspecified atom stereocenters. The van der Waals surface area contributed by atoms with Gasteiger partial charge in [-0.05, 0) is 43.5 Å². The zero-order chi connectivity index (χ0) is 20.4. The van der Waals surface area contributed by atoms with Crippen molar-refractivity contribution in [3.05, 3.63) is 60.2 Å². The molecule has 0 aliphatic heterocycles. The van der Waals surface area contributed by atoms with Gasteiger partial charge in [-0.15, -0.1) is 0 Å². The molecule has 8 heteroatoms. The summed E-state index contributed by atoms with van der Waals surface area (Å²) >= 11 is 0. The molecule has 148 valence electrons. The molecule has 1 aliphatic carbocycles. The van der Waals surface area contributed by atoms with E-state index in [2.05, 4.69) is 10.0 Å². The Bertz CT molecular complexity index is 987. The van der Waals surface area contributed by atoms with Crippen molar-refractivity contribution in [1.82, 2.24) is 4.72 Å². The van der Waals surface area contributed by atoms with E-state index in [1.165, 1.54) is 25.1 Å². The summed E-state index contributed by atoms with van der Waals surface area (Å²) in [5.41, 5.74) is -0.588. The molecule has 3 rings (SSSR count). The Morgan fingerprint density at radius 2 is 1.79 bits per heavy atom. The molecule has 3 N–H and O–H groups in total. The number of hydrogen-bond donors (Lipinski definition) is 3. The van der Waals surface area contributed by atoms with Crippen molar-refractivity contribution >= 4 is 27.6 Å². The van der Waals surface area contributed by atoms with Crippen LogP contribution in [0.3, 0.4) is 0 Å². The Morgan fingerprint density at radius 1 is 1.11 bits per heavy atom. The Hall–Kier alpha value is -2.71. The highest BCUT2D eigenvalue weighted by Crippen LogP contribution is 2.29.